The number of amides is 2. The fraction of sp³-hybridized carbons (Fsp3) is 0.944. The van der Waals surface area contributed by atoms with E-state index < -0.39 is 83.3 Å². The summed E-state index contributed by atoms with van der Waals surface area (Å²) in [4.78, 5) is 42.8. The Morgan fingerprint density at radius 1 is 0.557 bits per heavy atom. The van der Waals surface area contributed by atoms with Crippen LogP contribution >= 0.6 is 15.6 Å². The van der Waals surface area contributed by atoms with Crippen LogP contribution < -0.4 is 10.6 Å². The molecule has 0 aromatic rings. The third kappa shape index (κ3) is 24.6. The van der Waals surface area contributed by atoms with Gasteiger partial charge in [0.15, 0.2) is 12.6 Å². The fourth-order valence-corrected chi connectivity index (χ4v) is 7.74. The zero-order chi connectivity index (χ0) is 45.1. The number of hydrogen-bond donors (Lipinski definition) is 9. The van der Waals surface area contributed by atoms with Crippen LogP contribution in [0.2, 0.25) is 0 Å². The Hall–Kier alpha value is -1.28. The van der Waals surface area contributed by atoms with Crippen LogP contribution in [0, 0.1) is 0 Å². The zero-order valence-corrected chi connectivity index (χ0v) is 37.0. The van der Waals surface area contributed by atoms with E-state index in [4.69, 9.17) is 46.5 Å². The van der Waals surface area contributed by atoms with Crippen molar-refractivity contribution < 1.29 is 101 Å². The van der Waals surface area contributed by atoms with Gasteiger partial charge in [-0.05, 0) is 38.5 Å². The summed E-state index contributed by atoms with van der Waals surface area (Å²) in [5.41, 5.74) is 0. The van der Waals surface area contributed by atoms with Gasteiger partial charge in [0.2, 0.25) is 11.8 Å². The molecule has 2 fully saturated rings. The van der Waals surface area contributed by atoms with Crippen molar-refractivity contribution in [2.24, 2.45) is 0 Å². The quantitative estimate of drug-likeness (QED) is 0.0301. The van der Waals surface area contributed by atoms with Crippen LogP contribution in [-0.4, -0.2) is 182 Å². The summed E-state index contributed by atoms with van der Waals surface area (Å²) in [7, 11) is -8.45. The highest BCUT2D eigenvalue weighted by Gasteiger charge is 2.45. The summed E-state index contributed by atoms with van der Waals surface area (Å²) in [5.74, 6) is -0.782. The number of hydrogen-bond acceptors (Lipinski definition) is 19. The van der Waals surface area contributed by atoms with Crippen LogP contribution in [0.5, 0.6) is 0 Å². The molecule has 2 amide bonds. The first kappa shape index (κ1) is 55.9. The molecule has 0 spiro atoms. The number of aliphatic hydroxyl groups is 5. The largest absolute Gasteiger partial charge is 0.472 e. The molecule has 0 radical (unpaired) electrons. The van der Waals surface area contributed by atoms with Gasteiger partial charge in [-0.15, -0.1) is 0 Å². The minimum absolute atomic E-state index is 0.00246. The molecule has 6 unspecified atom stereocenters. The average molecular weight is 929 g/mol. The molecule has 2 heterocycles. The van der Waals surface area contributed by atoms with Crippen molar-refractivity contribution in [1.29, 1.82) is 0 Å². The molecule has 2 rings (SSSR count). The maximum atomic E-state index is 12.1. The van der Waals surface area contributed by atoms with Crippen molar-refractivity contribution in [2.75, 3.05) is 79.3 Å². The molecule has 23 nitrogen and oxygen atoms in total. The molecular formula is C36H70N2O21P2. The smallest absolute Gasteiger partial charge is 0.394 e. The highest BCUT2D eigenvalue weighted by atomic mass is 31.2. The number of rotatable bonds is 35. The molecule has 61 heavy (non-hydrogen) atoms. The van der Waals surface area contributed by atoms with Crippen LogP contribution in [0.3, 0.4) is 0 Å². The predicted molar refractivity (Wildman–Crippen MR) is 213 cm³/mol. The Bertz CT molecular complexity index is 1290. The van der Waals surface area contributed by atoms with Gasteiger partial charge < -0.3 is 74.4 Å². The lowest BCUT2D eigenvalue weighted by Crippen LogP contribution is -2.64. The molecule has 2 aliphatic rings. The van der Waals surface area contributed by atoms with Crippen molar-refractivity contribution in [3.63, 3.8) is 0 Å². The normalized spacial score (nSPS) is 27.6. The number of phosphoric acid groups is 2. The predicted octanol–water partition coefficient (Wildman–Crippen LogP) is 0.138. The van der Waals surface area contributed by atoms with E-state index in [1.54, 1.807) is 0 Å². The summed E-state index contributed by atoms with van der Waals surface area (Å²) in [5, 5.41) is 54.6. The zero-order valence-electron chi connectivity index (χ0n) is 35.2. The first-order valence-electron chi connectivity index (χ1n) is 20.8. The van der Waals surface area contributed by atoms with Crippen LogP contribution in [-0.2, 0) is 65.2 Å². The van der Waals surface area contributed by atoms with Gasteiger partial charge in [-0.3, -0.25) is 27.7 Å². The molecule has 11 atom stereocenters. The van der Waals surface area contributed by atoms with Crippen molar-refractivity contribution in [2.45, 2.75) is 140 Å². The number of carbonyl (C=O) groups excluding carboxylic acids is 2. The second kappa shape index (κ2) is 31.6. The van der Waals surface area contributed by atoms with Crippen LogP contribution in [0.15, 0.2) is 0 Å². The summed E-state index contributed by atoms with van der Waals surface area (Å²) >= 11 is 0. The van der Waals surface area contributed by atoms with Crippen molar-refractivity contribution in [1.82, 2.24) is 10.6 Å². The number of ether oxygens (including phenoxy) is 6. The van der Waals surface area contributed by atoms with E-state index in [0.717, 1.165) is 6.42 Å². The lowest BCUT2D eigenvalue weighted by atomic mass is 9.97. The number of unbranched alkanes of at least 4 members (excludes halogenated alkanes) is 6. The lowest BCUT2D eigenvalue weighted by molar-refractivity contribution is -0.270. The molecule has 25 heteroatoms. The van der Waals surface area contributed by atoms with E-state index in [-0.39, 0.29) is 85.0 Å². The number of aliphatic hydroxyl groups excluding tert-OH is 5. The van der Waals surface area contributed by atoms with E-state index in [1.165, 1.54) is 13.8 Å². The van der Waals surface area contributed by atoms with Crippen molar-refractivity contribution in [3.8, 4) is 0 Å². The van der Waals surface area contributed by atoms with E-state index in [9.17, 15) is 54.0 Å². The topological polar surface area (TPSA) is 326 Å². The second-order valence-corrected chi connectivity index (χ2v) is 17.5. The molecule has 0 aromatic carbocycles. The minimum Gasteiger partial charge on any atom is -0.394 e. The van der Waals surface area contributed by atoms with E-state index in [1.807, 2.05) is 0 Å². The minimum atomic E-state index is -4.23. The fourth-order valence-electron chi connectivity index (χ4n) is 6.15. The summed E-state index contributed by atoms with van der Waals surface area (Å²) < 4.78 is 77.5. The molecule has 2 aliphatic heterocycles. The monoisotopic (exact) mass is 928 g/mol. The number of carbonyl (C=O) groups is 2. The summed E-state index contributed by atoms with van der Waals surface area (Å²) in [6, 6.07) is -1.76. The Kier molecular flexibility index (Phi) is 28.9. The Morgan fingerprint density at radius 2 is 0.984 bits per heavy atom. The standard InChI is InChI=1S/C36H70N2O21P2/c1-26(41)37-31-29(43)23-28(24-39)58-35(31)52-15-7-3-5-9-17-54-60(46,47)56-19-11-13-50-21-22-51-14-12-20-57-61(48,49)55-18-10-6-4-8-16-53-36-32(38-27(2)42)34(45)33(44)30(25-40)59-36/h28-36,39-40,43-45H,3-25H2,1-2H3,(H,37,41)(H,38,42)(H,46,47)(H,48,49)/t28?,29?,30?,31-,32-,33-,34?,35+,36+/m0/s1. The Balaban J connectivity index is 1.38. The van der Waals surface area contributed by atoms with Crippen LogP contribution in [0.25, 0.3) is 0 Å². The molecular weight excluding hydrogens is 858 g/mol. The first-order chi connectivity index (χ1) is 29.1. The van der Waals surface area contributed by atoms with Crippen LogP contribution in [0.4, 0.5) is 0 Å². The number of nitrogens with one attached hydrogen (secondary N) is 2. The Morgan fingerprint density at radius 3 is 1.43 bits per heavy atom. The van der Waals surface area contributed by atoms with Crippen LogP contribution in [0.1, 0.15) is 84.5 Å². The van der Waals surface area contributed by atoms with Gasteiger partial charge in [0.1, 0.15) is 30.4 Å². The maximum Gasteiger partial charge on any atom is 0.472 e. The molecule has 0 bridgehead atoms. The SMILES string of the molecule is CC(=O)N[C@H]1C(O)CC(CO)O[C@H]1OCCCCCCOP(=O)(O)OCCCOCCOCCCOP(=O)(O)OCCCCCCO[C@@H]1OC(CO)[C@H](O)C(O)[C@@H]1NC(C)=O. The highest BCUT2D eigenvalue weighted by molar-refractivity contribution is 7.47. The van der Waals surface area contributed by atoms with E-state index in [2.05, 4.69) is 10.6 Å². The molecule has 9 N–H and O–H groups in total. The summed E-state index contributed by atoms with van der Waals surface area (Å²) in [6.07, 6.45) is -1.54. The van der Waals surface area contributed by atoms with Gasteiger partial charge in [-0.2, -0.15) is 0 Å². The van der Waals surface area contributed by atoms with Crippen molar-refractivity contribution in [3.05, 3.63) is 0 Å². The molecule has 0 aliphatic carbocycles. The molecule has 0 aromatic heterocycles. The first-order valence-corrected chi connectivity index (χ1v) is 23.8. The third-order valence-electron chi connectivity index (χ3n) is 9.26. The summed E-state index contributed by atoms with van der Waals surface area (Å²) in [6.45, 7) is 3.16. The maximum absolute atomic E-state index is 12.1. The molecule has 2 saturated heterocycles. The average Bonchev–Trinajstić information content (AvgIpc) is 3.20. The van der Waals surface area contributed by atoms with Gasteiger partial charge >= 0.3 is 15.6 Å². The third-order valence-corrected chi connectivity index (χ3v) is 11.3. The van der Waals surface area contributed by atoms with E-state index >= 15 is 0 Å². The lowest BCUT2D eigenvalue weighted by Gasteiger charge is -2.42. The number of phosphoric ester groups is 2. The van der Waals surface area contributed by atoms with Gasteiger partial charge in [-0.1, -0.05) is 25.7 Å². The second-order valence-electron chi connectivity index (χ2n) is 14.5. The van der Waals surface area contributed by atoms with E-state index in [0.29, 0.717) is 57.8 Å². The van der Waals surface area contributed by atoms with Gasteiger partial charge in [0.25, 0.3) is 0 Å². The highest BCUT2D eigenvalue weighted by Crippen LogP contribution is 2.44. The van der Waals surface area contributed by atoms with Crippen molar-refractivity contribution >= 4 is 27.5 Å². The van der Waals surface area contributed by atoms with Gasteiger partial charge in [0.05, 0.1) is 65.1 Å². The van der Waals surface area contributed by atoms with Gasteiger partial charge in [-0.25, -0.2) is 9.13 Å². The Labute approximate surface area is 357 Å². The molecule has 0 saturated carbocycles. The van der Waals surface area contributed by atoms with Gasteiger partial charge in [0, 0.05) is 46.7 Å². The molecule has 360 valence electrons.